The SMILES string of the molecule is [C-]#[N+]c1ccc2c(c1)c1cc(-c3cc(-n4c5ccccc5c5ccccc54)ccc3-c3nc(-c4ccccc4)nc(-c4ccccc4)n3)ccc1n2-c1ccccc1C. The van der Waals surface area contributed by atoms with Gasteiger partial charge in [-0.2, -0.15) is 0 Å². The molecule has 6 nitrogen and oxygen atoms in total. The summed E-state index contributed by atoms with van der Waals surface area (Å²) < 4.78 is 4.66. The molecule has 11 rings (SSSR count). The summed E-state index contributed by atoms with van der Waals surface area (Å²) in [4.78, 5) is 19.2. The Balaban J connectivity index is 1.21. The Labute approximate surface area is 340 Å². The van der Waals surface area contributed by atoms with Crippen molar-refractivity contribution >= 4 is 49.3 Å². The molecule has 0 aliphatic heterocycles. The Morgan fingerprint density at radius 2 is 0.949 bits per heavy atom. The number of aryl methyl sites for hydroxylation is 1. The van der Waals surface area contributed by atoms with Gasteiger partial charge in [-0.05, 0) is 89.7 Å². The molecule has 0 N–H and O–H groups in total. The summed E-state index contributed by atoms with van der Waals surface area (Å²) in [5.41, 5.74) is 13.0. The molecule has 0 saturated heterocycles. The van der Waals surface area contributed by atoms with E-state index in [0.717, 1.165) is 72.0 Å². The lowest BCUT2D eigenvalue weighted by Crippen LogP contribution is -2.02. The first-order valence-corrected chi connectivity index (χ1v) is 19.6. The van der Waals surface area contributed by atoms with Crippen molar-refractivity contribution in [3.8, 4) is 56.7 Å². The van der Waals surface area contributed by atoms with Crippen LogP contribution in [0.1, 0.15) is 5.56 Å². The third-order valence-corrected chi connectivity index (χ3v) is 11.3. The largest absolute Gasteiger partial charge is 0.309 e. The Morgan fingerprint density at radius 3 is 1.59 bits per heavy atom. The molecule has 0 saturated carbocycles. The predicted octanol–water partition coefficient (Wildman–Crippen LogP) is 13.6. The molecular formula is C53H34N6. The average Bonchev–Trinajstić information content (AvgIpc) is 3.81. The second-order valence-electron chi connectivity index (χ2n) is 14.8. The van der Waals surface area contributed by atoms with Gasteiger partial charge in [0.1, 0.15) is 0 Å². The van der Waals surface area contributed by atoms with Crippen molar-refractivity contribution in [1.29, 1.82) is 0 Å². The van der Waals surface area contributed by atoms with Gasteiger partial charge in [0.15, 0.2) is 23.2 Å². The molecule has 8 aromatic carbocycles. The van der Waals surface area contributed by atoms with Crippen LogP contribution in [0.4, 0.5) is 5.69 Å². The Kier molecular flexibility index (Phi) is 7.99. The van der Waals surface area contributed by atoms with Gasteiger partial charge in [0.05, 0.1) is 28.6 Å². The zero-order valence-corrected chi connectivity index (χ0v) is 32.1. The summed E-state index contributed by atoms with van der Waals surface area (Å²) in [6.07, 6.45) is 0. The third-order valence-electron chi connectivity index (χ3n) is 11.3. The van der Waals surface area contributed by atoms with E-state index in [1.54, 1.807) is 0 Å². The van der Waals surface area contributed by atoms with Crippen LogP contribution in [0.15, 0.2) is 188 Å². The Hall–Kier alpha value is -8.14. The fourth-order valence-corrected chi connectivity index (χ4v) is 8.56. The van der Waals surface area contributed by atoms with Crippen LogP contribution in [-0.4, -0.2) is 24.1 Å². The van der Waals surface area contributed by atoms with E-state index >= 15 is 0 Å². The van der Waals surface area contributed by atoms with Gasteiger partial charge in [0.25, 0.3) is 0 Å². The number of nitrogens with zero attached hydrogens (tertiary/aromatic N) is 6. The van der Waals surface area contributed by atoms with Crippen molar-refractivity contribution in [3.05, 3.63) is 205 Å². The molecular weight excluding hydrogens is 721 g/mol. The molecule has 0 unspecified atom stereocenters. The van der Waals surface area contributed by atoms with E-state index in [9.17, 15) is 0 Å². The van der Waals surface area contributed by atoms with Crippen LogP contribution in [0.2, 0.25) is 0 Å². The minimum Gasteiger partial charge on any atom is -0.309 e. The second kappa shape index (κ2) is 13.8. The fourth-order valence-electron chi connectivity index (χ4n) is 8.56. The smallest absolute Gasteiger partial charge is 0.188 e. The number of fused-ring (bicyclic) bond motifs is 6. The van der Waals surface area contributed by atoms with Gasteiger partial charge >= 0.3 is 0 Å². The van der Waals surface area contributed by atoms with Gasteiger partial charge in [0, 0.05) is 44.2 Å². The number of hydrogen-bond donors (Lipinski definition) is 0. The maximum absolute atomic E-state index is 7.89. The van der Waals surface area contributed by atoms with E-state index in [2.05, 4.69) is 136 Å². The summed E-state index contributed by atoms with van der Waals surface area (Å²) in [7, 11) is 0. The number of hydrogen-bond acceptors (Lipinski definition) is 3. The number of benzene rings is 8. The Morgan fingerprint density at radius 1 is 0.407 bits per heavy atom. The lowest BCUT2D eigenvalue weighted by molar-refractivity contribution is 1.07. The quantitative estimate of drug-likeness (QED) is 0.159. The first-order chi connectivity index (χ1) is 29.1. The third kappa shape index (κ3) is 5.68. The van der Waals surface area contributed by atoms with Crippen molar-refractivity contribution in [2.75, 3.05) is 0 Å². The fraction of sp³-hybridized carbons (Fsp3) is 0.0189. The first kappa shape index (κ1) is 34.1. The van der Waals surface area contributed by atoms with Gasteiger partial charge in [-0.3, -0.25) is 0 Å². The molecule has 3 heterocycles. The van der Waals surface area contributed by atoms with Gasteiger partial charge in [-0.15, -0.1) is 0 Å². The zero-order valence-electron chi connectivity index (χ0n) is 32.1. The van der Waals surface area contributed by atoms with E-state index in [4.69, 9.17) is 21.5 Å². The maximum Gasteiger partial charge on any atom is 0.188 e. The van der Waals surface area contributed by atoms with Crippen molar-refractivity contribution in [1.82, 2.24) is 24.1 Å². The van der Waals surface area contributed by atoms with Gasteiger partial charge < -0.3 is 9.13 Å². The highest BCUT2D eigenvalue weighted by Gasteiger charge is 2.21. The molecule has 0 aliphatic rings. The van der Waals surface area contributed by atoms with Gasteiger partial charge in [-0.25, -0.2) is 19.8 Å². The molecule has 0 amide bonds. The van der Waals surface area contributed by atoms with Crippen LogP contribution >= 0.6 is 0 Å². The maximum atomic E-state index is 7.89. The van der Waals surface area contributed by atoms with E-state index < -0.39 is 0 Å². The molecule has 11 aromatic rings. The van der Waals surface area contributed by atoms with Crippen LogP contribution < -0.4 is 0 Å². The minimum absolute atomic E-state index is 0.583. The van der Waals surface area contributed by atoms with E-state index in [-0.39, 0.29) is 0 Å². The minimum atomic E-state index is 0.583. The van der Waals surface area contributed by atoms with Crippen molar-refractivity contribution in [2.24, 2.45) is 0 Å². The predicted molar refractivity (Wildman–Crippen MR) is 241 cm³/mol. The van der Waals surface area contributed by atoms with Crippen molar-refractivity contribution < 1.29 is 0 Å². The molecule has 3 aromatic heterocycles. The monoisotopic (exact) mass is 754 g/mol. The summed E-state index contributed by atoms with van der Waals surface area (Å²) in [5.74, 6) is 1.80. The highest BCUT2D eigenvalue weighted by atomic mass is 15.0. The average molecular weight is 755 g/mol. The highest BCUT2D eigenvalue weighted by Crippen LogP contribution is 2.41. The standard InChI is InChI=1S/C53H34N6/c1-34-15-9-12-22-46(34)59-49-29-25-37(31-44(49)45-32-38(54-2)26-30-50(45)59)43-33-39(58-47-23-13-10-20-40(47)41-21-11-14-24-48(41)58)27-28-42(43)53-56-51(35-16-5-3-6-17-35)55-52(57-53)36-18-7-4-8-19-36/h3-33H,1H3. The topological polar surface area (TPSA) is 52.9 Å². The number of para-hydroxylation sites is 3. The Bertz CT molecular complexity index is 3350. The van der Waals surface area contributed by atoms with Crippen LogP contribution in [-0.2, 0) is 0 Å². The van der Waals surface area contributed by atoms with E-state index in [0.29, 0.717) is 23.2 Å². The van der Waals surface area contributed by atoms with Crippen LogP contribution in [0.25, 0.3) is 105 Å². The molecule has 276 valence electrons. The molecule has 0 radical (unpaired) electrons. The lowest BCUT2D eigenvalue weighted by atomic mass is 9.96. The number of aromatic nitrogens is 5. The molecule has 59 heavy (non-hydrogen) atoms. The van der Waals surface area contributed by atoms with Crippen LogP contribution in [0.5, 0.6) is 0 Å². The van der Waals surface area contributed by atoms with Gasteiger partial charge in [-0.1, -0.05) is 127 Å². The normalized spacial score (nSPS) is 11.5. The van der Waals surface area contributed by atoms with Crippen LogP contribution in [0, 0.1) is 13.5 Å². The molecule has 0 atom stereocenters. The van der Waals surface area contributed by atoms with Crippen molar-refractivity contribution in [3.63, 3.8) is 0 Å². The summed E-state index contributed by atoms with van der Waals surface area (Å²) >= 11 is 0. The summed E-state index contributed by atoms with van der Waals surface area (Å²) in [5, 5.41) is 4.49. The van der Waals surface area contributed by atoms with E-state index in [1.165, 1.54) is 16.3 Å². The molecule has 0 spiro atoms. The first-order valence-electron chi connectivity index (χ1n) is 19.6. The molecule has 0 bridgehead atoms. The van der Waals surface area contributed by atoms with Crippen LogP contribution in [0.3, 0.4) is 0 Å². The zero-order chi connectivity index (χ0) is 39.5. The van der Waals surface area contributed by atoms with E-state index in [1.807, 2.05) is 72.8 Å². The number of rotatable bonds is 6. The van der Waals surface area contributed by atoms with Gasteiger partial charge in [0.2, 0.25) is 0 Å². The summed E-state index contributed by atoms with van der Waals surface area (Å²) in [6.45, 7) is 10.0. The highest BCUT2D eigenvalue weighted by molar-refractivity contribution is 6.12. The summed E-state index contributed by atoms with van der Waals surface area (Å²) in [6, 6.07) is 65.1. The molecule has 0 aliphatic carbocycles. The van der Waals surface area contributed by atoms with Crippen molar-refractivity contribution in [2.45, 2.75) is 6.92 Å². The molecule has 0 fully saturated rings. The second-order valence-corrected chi connectivity index (χ2v) is 14.8. The molecule has 6 heteroatoms. The lowest BCUT2D eigenvalue weighted by Gasteiger charge is -2.16.